The van der Waals surface area contributed by atoms with Gasteiger partial charge in [0.25, 0.3) is 5.56 Å². The Hall–Kier alpha value is -3.53. The van der Waals surface area contributed by atoms with E-state index in [4.69, 9.17) is 26.8 Å². The first-order chi connectivity index (χ1) is 14.9. The van der Waals surface area contributed by atoms with Crippen LogP contribution in [0.5, 0.6) is 0 Å². The van der Waals surface area contributed by atoms with Crippen LogP contribution in [0.15, 0.2) is 33.8 Å². The summed E-state index contributed by atoms with van der Waals surface area (Å²) in [6, 6.07) is 5.00. The fourth-order valence-corrected chi connectivity index (χ4v) is 3.86. The van der Waals surface area contributed by atoms with Gasteiger partial charge in [-0.25, -0.2) is 15.0 Å². The second-order valence-electron chi connectivity index (χ2n) is 7.50. The van der Waals surface area contributed by atoms with Crippen molar-refractivity contribution in [1.82, 2.24) is 29.7 Å². The molecule has 1 atom stereocenters. The molecule has 4 aromatic rings. The van der Waals surface area contributed by atoms with Crippen LogP contribution < -0.4 is 16.6 Å². The molecule has 0 aliphatic heterocycles. The minimum atomic E-state index is -0.377. The number of hydrogen-bond acceptors (Lipinski definition) is 9. The van der Waals surface area contributed by atoms with Gasteiger partial charge in [0, 0.05) is 13.0 Å². The molecule has 0 unspecified atom stereocenters. The maximum Gasteiger partial charge on any atom is 0.263 e. The number of nitrogens with zero attached hydrogens (tertiary/aromatic N) is 6. The van der Waals surface area contributed by atoms with Gasteiger partial charge in [0.05, 0.1) is 22.0 Å². The van der Waals surface area contributed by atoms with Crippen molar-refractivity contribution < 1.29 is 4.52 Å². The summed E-state index contributed by atoms with van der Waals surface area (Å²) in [6.45, 7) is 3.59. The van der Waals surface area contributed by atoms with E-state index in [0.717, 1.165) is 12.8 Å². The highest BCUT2D eigenvalue weighted by atomic mass is 35.5. The Balaban J connectivity index is 1.61. The van der Waals surface area contributed by atoms with E-state index in [1.165, 1.54) is 6.33 Å². The van der Waals surface area contributed by atoms with Crippen LogP contribution in [0, 0.1) is 6.92 Å². The molecule has 1 aromatic carbocycles. The zero-order chi connectivity index (χ0) is 21.7. The molecule has 11 heteroatoms. The summed E-state index contributed by atoms with van der Waals surface area (Å²) in [6.07, 6.45) is 3.19. The Kier molecular flexibility index (Phi) is 4.58. The van der Waals surface area contributed by atoms with Crippen LogP contribution in [0.2, 0.25) is 5.02 Å². The van der Waals surface area contributed by atoms with Crippen molar-refractivity contribution in [1.29, 1.82) is 0 Å². The Morgan fingerprint density at radius 3 is 2.81 bits per heavy atom. The number of benzene rings is 1. The maximum absolute atomic E-state index is 13.3. The van der Waals surface area contributed by atoms with Crippen molar-refractivity contribution in [3.05, 3.63) is 51.6 Å². The van der Waals surface area contributed by atoms with Crippen molar-refractivity contribution in [2.24, 2.45) is 0 Å². The molecule has 1 aliphatic carbocycles. The number of aryl methyl sites for hydroxylation is 1. The minimum absolute atomic E-state index is 0.106. The van der Waals surface area contributed by atoms with Gasteiger partial charge in [-0.05, 0) is 31.9 Å². The Bertz CT molecular complexity index is 1360. The standard InChI is InChI=1S/C20H19ClN8O2/c1-9(25-17-15(16(22)23-8-24-17)18-26-10(2)31-28-18)19-27-13-5-3-4-12(21)14(13)20(30)29(19)11-6-7-11/h3-5,8-9,11H,6-7H2,1-2H3,(H3,22,23,24,25)/t9-/m0/s1. The summed E-state index contributed by atoms with van der Waals surface area (Å²) in [5.74, 6) is 1.90. The number of halogens is 1. The highest BCUT2D eigenvalue weighted by Gasteiger charge is 2.31. The SMILES string of the molecule is Cc1nc(-c2c(N)ncnc2N[C@@H](C)c2nc3cccc(Cl)c3c(=O)n2C2CC2)no1. The first-order valence-electron chi connectivity index (χ1n) is 9.82. The smallest absolute Gasteiger partial charge is 0.263 e. The molecule has 0 bridgehead atoms. The van der Waals surface area contributed by atoms with Crippen LogP contribution in [-0.4, -0.2) is 29.7 Å². The zero-order valence-corrected chi connectivity index (χ0v) is 17.6. The third-order valence-electron chi connectivity index (χ3n) is 5.19. The second kappa shape index (κ2) is 7.31. The third kappa shape index (κ3) is 3.38. The van der Waals surface area contributed by atoms with Gasteiger partial charge >= 0.3 is 0 Å². The van der Waals surface area contributed by atoms with E-state index in [-0.39, 0.29) is 29.3 Å². The van der Waals surface area contributed by atoms with Crippen molar-refractivity contribution in [3.63, 3.8) is 0 Å². The summed E-state index contributed by atoms with van der Waals surface area (Å²) in [4.78, 5) is 30.7. The minimum Gasteiger partial charge on any atom is -0.383 e. The largest absolute Gasteiger partial charge is 0.383 e. The van der Waals surface area contributed by atoms with Crippen molar-refractivity contribution in [3.8, 4) is 11.4 Å². The van der Waals surface area contributed by atoms with Gasteiger partial charge in [-0.3, -0.25) is 9.36 Å². The maximum atomic E-state index is 13.3. The number of rotatable bonds is 5. The topological polar surface area (TPSA) is 138 Å². The molecular formula is C20H19ClN8O2. The van der Waals surface area contributed by atoms with Crippen LogP contribution >= 0.6 is 11.6 Å². The third-order valence-corrected chi connectivity index (χ3v) is 5.50. The molecule has 10 nitrogen and oxygen atoms in total. The number of nitrogens with one attached hydrogen (secondary N) is 1. The van der Waals surface area contributed by atoms with E-state index in [2.05, 4.69) is 25.4 Å². The van der Waals surface area contributed by atoms with Crippen LogP contribution in [-0.2, 0) is 0 Å². The van der Waals surface area contributed by atoms with Crippen molar-refractivity contribution in [2.75, 3.05) is 11.1 Å². The van der Waals surface area contributed by atoms with Gasteiger partial charge < -0.3 is 15.6 Å². The number of nitrogen functional groups attached to an aromatic ring is 1. The lowest BCUT2D eigenvalue weighted by Crippen LogP contribution is -2.28. The summed E-state index contributed by atoms with van der Waals surface area (Å²) >= 11 is 6.31. The summed E-state index contributed by atoms with van der Waals surface area (Å²) < 4.78 is 6.81. The lowest BCUT2D eigenvalue weighted by molar-refractivity contribution is 0.394. The molecule has 1 fully saturated rings. The molecule has 3 aromatic heterocycles. The number of hydrogen-bond donors (Lipinski definition) is 2. The lowest BCUT2D eigenvalue weighted by atomic mass is 10.2. The number of nitrogens with two attached hydrogens (primary N) is 1. The number of fused-ring (bicyclic) bond motifs is 1. The summed E-state index contributed by atoms with van der Waals surface area (Å²) in [5, 5.41) is 8.06. The van der Waals surface area contributed by atoms with E-state index in [0.29, 0.717) is 39.0 Å². The van der Waals surface area contributed by atoms with Gasteiger partial charge in [-0.2, -0.15) is 4.98 Å². The predicted molar refractivity (Wildman–Crippen MR) is 116 cm³/mol. The molecule has 0 saturated heterocycles. The molecule has 0 spiro atoms. The molecule has 0 amide bonds. The van der Waals surface area contributed by atoms with Gasteiger partial charge in [0.1, 0.15) is 29.4 Å². The lowest BCUT2D eigenvalue weighted by Gasteiger charge is -2.21. The monoisotopic (exact) mass is 438 g/mol. The molecule has 31 heavy (non-hydrogen) atoms. The first-order valence-corrected chi connectivity index (χ1v) is 10.2. The fourth-order valence-electron chi connectivity index (χ4n) is 3.61. The molecule has 5 rings (SSSR count). The quantitative estimate of drug-likeness (QED) is 0.480. The predicted octanol–water partition coefficient (Wildman–Crippen LogP) is 3.29. The fraction of sp³-hybridized carbons (Fsp3) is 0.300. The van der Waals surface area contributed by atoms with Gasteiger partial charge in [0.2, 0.25) is 11.7 Å². The van der Waals surface area contributed by atoms with Crippen LogP contribution in [0.1, 0.15) is 43.6 Å². The van der Waals surface area contributed by atoms with Crippen LogP contribution in [0.4, 0.5) is 11.6 Å². The van der Waals surface area contributed by atoms with Crippen molar-refractivity contribution >= 4 is 34.1 Å². The van der Waals surface area contributed by atoms with E-state index in [9.17, 15) is 4.79 Å². The van der Waals surface area contributed by atoms with E-state index in [1.807, 2.05) is 6.92 Å². The highest BCUT2D eigenvalue weighted by molar-refractivity contribution is 6.35. The van der Waals surface area contributed by atoms with Crippen molar-refractivity contribution in [2.45, 2.75) is 38.8 Å². The van der Waals surface area contributed by atoms with Crippen LogP contribution in [0.25, 0.3) is 22.3 Å². The molecular weight excluding hydrogens is 420 g/mol. The molecule has 3 N–H and O–H groups in total. The highest BCUT2D eigenvalue weighted by Crippen LogP contribution is 2.37. The zero-order valence-electron chi connectivity index (χ0n) is 16.8. The van der Waals surface area contributed by atoms with E-state index < -0.39 is 0 Å². The Morgan fingerprint density at radius 1 is 1.29 bits per heavy atom. The number of aromatic nitrogens is 6. The second-order valence-corrected chi connectivity index (χ2v) is 7.90. The molecule has 1 saturated carbocycles. The molecule has 3 heterocycles. The molecule has 158 valence electrons. The van der Waals surface area contributed by atoms with Gasteiger partial charge in [-0.1, -0.05) is 22.8 Å². The first kappa shape index (κ1) is 19.4. The van der Waals surface area contributed by atoms with Crippen LogP contribution in [0.3, 0.4) is 0 Å². The average molecular weight is 439 g/mol. The Labute approximate surface area is 181 Å². The van der Waals surface area contributed by atoms with E-state index >= 15 is 0 Å². The number of anilines is 2. The molecule has 0 radical (unpaired) electrons. The van der Waals surface area contributed by atoms with E-state index in [1.54, 1.807) is 29.7 Å². The van der Waals surface area contributed by atoms with Gasteiger partial charge in [0.15, 0.2) is 0 Å². The average Bonchev–Trinajstić information content (AvgIpc) is 3.48. The Morgan fingerprint density at radius 2 is 2.10 bits per heavy atom. The normalized spacial score (nSPS) is 14.7. The van der Waals surface area contributed by atoms with Gasteiger partial charge in [-0.15, -0.1) is 0 Å². The summed E-state index contributed by atoms with van der Waals surface area (Å²) in [5.41, 5.74) is 6.92. The molecule has 1 aliphatic rings. The summed E-state index contributed by atoms with van der Waals surface area (Å²) in [7, 11) is 0.